The van der Waals surface area contributed by atoms with E-state index in [-0.39, 0.29) is 56.3 Å². The molecule has 1 saturated heterocycles. The summed E-state index contributed by atoms with van der Waals surface area (Å²) in [6, 6.07) is 10.6. The molecule has 0 atom stereocenters. The number of nitrogens with one attached hydrogen (secondary N) is 1. The molecule has 4 aromatic rings. The molecule has 15 heteroatoms. The van der Waals surface area contributed by atoms with Crippen LogP contribution in [0.5, 0.6) is 5.75 Å². The van der Waals surface area contributed by atoms with Gasteiger partial charge in [0.2, 0.25) is 15.8 Å². The summed E-state index contributed by atoms with van der Waals surface area (Å²) in [6.45, 7) is 3.94. The van der Waals surface area contributed by atoms with Gasteiger partial charge in [-0.15, -0.1) is 0 Å². The average molecular weight is 624 g/mol. The SMILES string of the molecule is Cc1ccc(S(=O)(=O)N2CCC3(CC2)OCCn2c3nc(C(=O)NCc3ccc(F)cc3-n3ncnc3C)c(O)c2=O)cc1. The molecule has 2 aliphatic rings. The lowest BCUT2D eigenvalue weighted by Crippen LogP contribution is -2.52. The van der Waals surface area contributed by atoms with E-state index in [1.165, 1.54) is 38.1 Å². The number of rotatable bonds is 6. The Morgan fingerprint density at radius 1 is 1.11 bits per heavy atom. The van der Waals surface area contributed by atoms with E-state index < -0.39 is 44.4 Å². The van der Waals surface area contributed by atoms with Crippen molar-refractivity contribution < 1.29 is 27.4 Å². The van der Waals surface area contributed by atoms with Gasteiger partial charge in [-0.05, 0) is 56.5 Å². The summed E-state index contributed by atoms with van der Waals surface area (Å²) < 4.78 is 50.9. The van der Waals surface area contributed by atoms with Crippen LogP contribution in [-0.4, -0.2) is 67.7 Å². The molecule has 0 unspecified atom stereocenters. The van der Waals surface area contributed by atoms with Gasteiger partial charge in [0.1, 0.15) is 29.4 Å². The molecular weight excluding hydrogens is 593 g/mol. The maximum Gasteiger partial charge on any atom is 0.296 e. The summed E-state index contributed by atoms with van der Waals surface area (Å²) in [5.74, 6) is -1.48. The summed E-state index contributed by atoms with van der Waals surface area (Å²) in [4.78, 5) is 35.2. The van der Waals surface area contributed by atoms with Crippen molar-refractivity contribution in [1.82, 2.24) is 33.9 Å². The molecule has 44 heavy (non-hydrogen) atoms. The van der Waals surface area contributed by atoms with Gasteiger partial charge < -0.3 is 15.2 Å². The minimum atomic E-state index is -3.76. The van der Waals surface area contributed by atoms with E-state index in [0.717, 1.165) is 5.56 Å². The van der Waals surface area contributed by atoms with Gasteiger partial charge in [-0.3, -0.25) is 14.2 Å². The highest BCUT2D eigenvalue weighted by Gasteiger charge is 2.46. The smallest absolute Gasteiger partial charge is 0.296 e. The van der Waals surface area contributed by atoms with Gasteiger partial charge in [-0.2, -0.15) is 9.40 Å². The van der Waals surface area contributed by atoms with Gasteiger partial charge in [0.15, 0.2) is 5.69 Å². The number of fused-ring (bicyclic) bond motifs is 2. The number of aryl methyl sites for hydroxylation is 2. The number of ether oxygens (including phenoxy) is 1. The van der Waals surface area contributed by atoms with Crippen LogP contribution in [0.25, 0.3) is 5.69 Å². The van der Waals surface area contributed by atoms with Gasteiger partial charge in [0.25, 0.3) is 11.5 Å². The maximum atomic E-state index is 14.1. The first-order valence-electron chi connectivity index (χ1n) is 14.0. The molecular formula is C29H30FN7O6S. The van der Waals surface area contributed by atoms with E-state index >= 15 is 0 Å². The first kappa shape index (κ1) is 29.6. The summed E-state index contributed by atoms with van der Waals surface area (Å²) in [5, 5.41) is 17.5. The molecule has 2 N–H and O–H groups in total. The summed E-state index contributed by atoms with van der Waals surface area (Å²) >= 11 is 0. The van der Waals surface area contributed by atoms with Crippen molar-refractivity contribution in [2.75, 3.05) is 19.7 Å². The predicted octanol–water partition coefficient (Wildman–Crippen LogP) is 1.93. The number of benzene rings is 2. The Balaban J connectivity index is 1.26. The van der Waals surface area contributed by atoms with Crippen LogP contribution in [0, 0.1) is 19.7 Å². The zero-order chi connectivity index (χ0) is 31.2. The van der Waals surface area contributed by atoms with Crippen molar-refractivity contribution >= 4 is 15.9 Å². The maximum absolute atomic E-state index is 14.1. The van der Waals surface area contributed by atoms with Crippen LogP contribution in [0.3, 0.4) is 0 Å². The zero-order valence-corrected chi connectivity index (χ0v) is 24.8. The van der Waals surface area contributed by atoms with Gasteiger partial charge in [0, 0.05) is 19.6 Å². The quantitative estimate of drug-likeness (QED) is 0.327. The molecule has 6 rings (SSSR count). The lowest BCUT2D eigenvalue weighted by Gasteiger charge is -2.43. The number of halogens is 1. The zero-order valence-electron chi connectivity index (χ0n) is 24.0. The Morgan fingerprint density at radius 3 is 2.52 bits per heavy atom. The molecule has 0 bridgehead atoms. The summed E-state index contributed by atoms with van der Waals surface area (Å²) in [5.41, 5.74) is -0.600. The number of aromatic nitrogens is 5. The number of aromatic hydroxyl groups is 1. The van der Waals surface area contributed by atoms with Crippen molar-refractivity contribution in [1.29, 1.82) is 0 Å². The van der Waals surface area contributed by atoms with Crippen LogP contribution in [0.4, 0.5) is 4.39 Å². The topological polar surface area (TPSA) is 162 Å². The third-order valence-electron chi connectivity index (χ3n) is 8.08. The fourth-order valence-electron chi connectivity index (χ4n) is 5.65. The normalized spacial score (nSPS) is 16.5. The average Bonchev–Trinajstić information content (AvgIpc) is 3.44. The Labute approximate surface area is 252 Å². The Hall–Kier alpha value is -4.47. The highest BCUT2D eigenvalue weighted by atomic mass is 32.2. The number of nitrogens with zero attached hydrogens (tertiary/aromatic N) is 6. The number of piperidine rings is 1. The molecule has 0 aliphatic carbocycles. The van der Waals surface area contributed by atoms with E-state index in [1.54, 1.807) is 31.2 Å². The number of hydrogen-bond acceptors (Lipinski definition) is 9. The Bertz CT molecular complexity index is 1920. The molecule has 1 spiro atoms. The second kappa shape index (κ2) is 11.2. The van der Waals surface area contributed by atoms with Crippen LogP contribution in [0.1, 0.15) is 46.1 Å². The summed E-state index contributed by atoms with van der Waals surface area (Å²) in [7, 11) is -3.76. The number of carbonyl (C=O) groups excluding carboxylic acids is 1. The molecule has 0 radical (unpaired) electrons. The monoisotopic (exact) mass is 623 g/mol. The lowest BCUT2D eigenvalue weighted by atomic mass is 9.89. The predicted molar refractivity (Wildman–Crippen MR) is 154 cm³/mol. The van der Waals surface area contributed by atoms with Gasteiger partial charge in [-0.25, -0.2) is 27.5 Å². The molecule has 4 heterocycles. The minimum Gasteiger partial charge on any atom is -0.501 e. The molecule has 230 valence electrons. The first-order valence-corrected chi connectivity index (χ1v) is 15.4. The van der Waals surface area contributed by atoms with Gasteiger partial charge >= 0.3 is 0 Å². The van der Waals surface area contributed by atoms with Crippen molar-refractivity contribution in [3.8, 4) is 11.4 Å². The van der Waals surface area contributed by atoms with Crippen molar-refractivity contribution in [2.24, 2.45) is 0 Å². The van der Waals surface area contributed by atoms with Crippen LogP contribution in [0.15, 0.2) is 58.5 Å². The second-order valence-corrected chi connectivity index (χ2v) is 12.8. The summed E-state index contributed by atoms with van der Waals surface area (Å²) in [6.07, 6.45) is 1.70. The van der Waals surface area contributed by atoms with E-state index in [4.69, 9.17) is 4.74 Å². The number of hydrogen-bond donors (Lipinski definition) is 2. The molecule has 1 amide bonds. The first-order chi connectivity index (χ1) is 21.0. The standard InChI is InChI=1S/C29H30FN7O6S/c1-18-3-7-22(8-4-18)44(41,42)35-11-9-29(10-12-35)28-34-24(25(38)27(40)36(28)13-14-43-29)26(39)31-16-20-5-6-21(30)15-23(20)37-19(2)32-17-33-37/h3-8,15,17,38H,9-14,16H2,1-2H3,(H,31,39). The van der Waals surface area contributed by atoms with Crippen LogP contribution in [0.2, 0.25) is 0 Å². The highest BCUT2D eigenvalue weighted by Crippen LogP contribution is 2.39. The molecule has 1 fully saturated rings. The van der Waals surface area contributed by atoms with Crippen molar-refractivity contribution in [2.45, 2.75) is 50.3 Å². The third kappa shape index (κ3) is 5.16. The molecule has 0 saturated carbocycles. The fourth-order valence-corrected chi connectivity index (χ4v) is 7.09. The molecule has 13 nitrogen and oxygen atoms in total. The van der Waals surface area contributed by atoms with E-state index in [0.29, 0.717) is 17.1 Å². The van der Waals surface area contributed by atoms with E-state index in [9.17, 15) is 27.5 Å². The number of sulfonamides is 1. The molecule has 2 aromatic heterocycles. The lowest BCUT2D eigenvalue weighted by molar-refractivity contribution is -0.110. The Morgan fingerprint density at radius 2 is 1.84 bits per heavy atom. The minimum absolute atomic E-state index is 0.0965. The molecule has 2 aliphatic heterocycles. The largest absolute Gasteiger partial charge is 0.501 e. The van der Waals surface area contributed by atoms with E-state index in [2.05, 4.69) is 20.4 Å². The van der Waals surface area contributed by atoms with Crippen molar-refractivity contribution in [3.05, 3.63) is 93.4 Å². The number of carbonyl (C=O) groups is 1. The Kier molecular flexibility index (Phi) is 7.55. The fraction of sp³-hybridized carbons (Fsp3) is 0.345. The highest BCUT2D eigenvalue weighted by molar-refractivity contribution is 7.89. The second-order valence-electron chi connectivity index (χ2n) is 10.8. The van der Waals surface area contributed by atoms with Crippen molar-refractivity contribution in [3.63, 3.8) is 0 Å². The third-order valence-corrected chi connectivity index (χ3v) is 10.00. The van der Waals surface area contributed by atoms with Crippen LogP contribution < -0.4 is 10.9 Å². The van der Waals surface area contributed by atoms with Crippen LogP contribution in [-0.2, 0) is 33.5 Å². The molecule has 2 aromatic carbocycles. The van der Waals surface area contributed by atoms with Gasteiger partial charge in [-0.1, -0.05) is 23.8 Å². The number of amides is 1. The van der Waals surface area contributed by atoms with Gasteiger partial charge in [0.05, 0.1) is 23.7 Å². The van der Waals surface area contributed by atoms with E-state index in [1.807, 2.05) is 6.92 Å². The van der Waals surface area contributed by atoms with Crippen LogP contribution >= 0.6 is 0 Å².